The minimum absolute atomic E-state index is 0.404. The van der Waals surface area contributed by atoms with E-state index in [0.717, 1.165) is 10.2 Å². The Morgan fingerprint density at radius 2 is 2.06 bits per heavy atom. The fraction of sp³-hybridized carbons (Fsp3) is 0.0909. The third-order valence-electron chi connectivity index (χ3n) is 2.09. The quantitative estimate of drug-likeness (QED) is 0.860. The predicted octanol–water partition coefficient (Wildman–Crippen LogP) is 2.79. The molecule has 16 heavy (non-hydrogen) atoms. The Hall–Kier alpha value is -1.62. The van der Waals surface area contributed by atoms with Gasteiger partial charge in [-0.2, -0.15) is 0 Å². The molecule has 2 aromatic rings. The van der Waals surface area contributed by atoms with E-state index in [4.69, 9.17) is 0 Å². The number of H-pyrrole nitrogens is 1. The van der Waals surface area contributed by atoms with Crippen molar-refractivity contribution >= 4 is 27.8 Å². The summed E-state index contributed by atoms with van der Waals surface area (Å²) < 4.78 is 5.61. The van der Waals surface area contributed by atoms with Crippen LogP contribution in [0.4, 0.5) is 5.69 Å². The van der Waals surface area contributed by atoms with Gasteiger partial charge in [-0.3, -0.25) is 4.99 Å². The first-order valence-corrected chi connectivity index (χ1v) is 5.44. The molecule has 0 bridgehead atoms. The number of rotatable bonds is 2. The van der Waals surface area contributed by atoms with Crippen molar-refractivity contribution in [3.8, 4) is 0 Å². The Morgan fingerprint density at radius 3 is 2.62 bits per heavy atom. The predicted molar refractivity (Wildman–Crippen MR) is 65.5 cm³/mol. The summed E-state index contributed by atoms with van der Waals surface area (Å²) in [6.45, 7) is 1.76. The Morgan fingerprint density at radius 1 is 1.38 bits per heavy atom. The van der Waals surface area contributed by atoms with E-state index < -0.39 is 5.63 Å². The number of hydrogen-bond donors (Lipinski definition) is 1. The molecule has 82 valence electrons. The lowest BCUT2D eigenvalue weighted by Gasteiger charge is -1.92. The summed E-state index contributed by atoms with van der Waals surface area (Å²) in [5, 5.41) is 2.50. The van der Waals surface area contributed by atoms with Crippen molar-refractivity contribution in [2.45, 2.75) is 6.92 Å². The highest BCUT2D eigenvalue weighted by atomic mass is 79.9. The molecule has 0 fully saturated rings. The van der Waals surface area contributed by atoms with Gasteiger partial charge in [0.2, 0.25) is 0 Å². The van der Waals surface area contributed by atoms with Crippen LogP contribution in [0.15, 0.2) is 43.0 Å². The summed E-state index contributed by atoms with van der Waals surface area (Å²) in [5.41, 5.74) is 1.50. The SMILES string of the molecule is Cc1[nH]oc(=O)c1C=Nc1ccc(Br)cc1. The average molecular weight is 281 g/mol. The first-order valence-electron chi connectivity index (χ1n) is 4.64. The Balaban J connectivity index is 2.28. The van der Waals surface area contributed by atoms with Crippen molar-refractivity contribution in [2.75, 3.05) is 0 Å². The Kier molecular flexibility index (Phi) is 3.05. The lowest BCUT2D eigenvalue weighted by Crippen LogP contribution is -2.00. The molecule has 0 saturated heterocycles. The van der Waals surface area contributed by atoms with Crippen LogP contribution in [0.3, 0.4) is 0 Å². The lowest BCUT2D eigenvalue weighted by molar-refractivity contribution is 0.387. The number of halogens is 1. The molecule has 0 radical (unpaired) electrons. The number of aliphatic imine (C=N–C) groups is 1. The van der Waals surface area contributed by atoms with Crippen molar-refractivity contribution in [1.29, 1.82) is 0 Å². The molecule has 1 heterocycles. The van der Waals surface area contributed by atoms with Gasteiger partial charge in [-0.05, 0) is 31.2 Å². The summed E-state index contributed by atoms with van der Waals surface area (Å²) in [6.07, 6.45) is 1.50. The Labute approximate surface area is 100 Å². The number of aryl methyl sites for hydroxylation is 1. The maximum absolute atomic E-state index is 11.2. The second-order valence-corrected chi connectivity index (χ2v) is 4.18. The smallest absolute Gasteiger partial charge is 0.338 e. The second kappa shape index (κ2) is 4.49. The molecule has 1 N–H and O–H groups in total. The number of hydrogen-bond acceptors (Lipinski definition) is 3. The van der Waals surface area contributed by atoms with Crippen molar-refractivity contribution < 1.29 is 4.52 Å². The molecule has 0 amide bonds. The van der Waals surface area contributed by atoms with Crippen LogP contribution in [0, 0.1) is 6.92 Å². The van der Waals surface area contributed by atoms with Crippen molar-refractivity contribution in [1.82, 2.24) is 5.16 Å². The maximum Gasteiger partial charge on any atom is 0.366 e. The largest absolute Gasteiger partial charge is 0.366 e. The number of aromatic nitrogens is 1. The Bertz CT molecular complexity index is 566. The maximum atomic E-state index is 11.2. The molecule has 0 spiro atoms. The van der Waals surface area contributed by atoms with Crippen LogP contribution < -0.4 is 5.63 Å². The molecular formula is C11H9BrN2O2. The van der Waals surface area contributed by atoms with E-state index >= 15 is 0 Å². The zero-order valence-electron chi connectivity index (χ0n) is 8.53. The average Bonchev–Trinajstić information content (AvgIpc) is 2.59. The molecule has 0 unspecified atom stereocenters. The van der Waals surface area contributed by atoms with Crippen LogP contribution in [0.5, 0.6) is 0 Å². The topological polar surface area (TPSA) is 58.4 Å². The highest BCUT2D eigenvalue weighted by Gasteiger charge is 2.04. The van der Waals surface area contributed by atoms with Gasteiger partial charge in [0, 0.05) is 10.7 Å². The van der Waals surface area contributed by atoms with Gasteiger partial charge >= 0.3 is 5.63 Å². The molecule has 0 saturated carbocycles. The van der Waals surface area contributed by atoms with Crippen molar-refractivity contribution in [3.05, 3.63) is 50.4 Å². The van der Waals surface area contributed by atoms with E-state index in [9.17, 15) is 4.79 Å². The first kappa shape index (κ1) is 10.9. The molecular weight excluding hydrogens is 272 g/mol. The summed E-state index contributed by atoms with van der Waals surface area (Å²) >= 11 is 3.34. The van der Waals surface area contributed by atoms with Gasteiger partial charge in [0.05, 0.1) is 11.4 Å². The highest BCUT2D eigenvalue weighted by Crippen LogP contribution is 2.16. The van der Waals surface area contributed by atoms with E-state index in [1.807, 2.05) is 24.3 Å². The minimum Gasteiger partial charge on any atom is -0.338 e. The molecule has 1 aromatic heterocycles. The van der Waals surface area contributed by atoms with Crippen LogP contribution in [0.25, 0.3) is 0 Å². The minimum atomic E-state index is -0.404. The number of benzene rings is 1. The number of nitrogens with zero attached hydrogens (tertiary/aromatic N) is 1. The van der Waals surface area contributed by atoms with Gasteiger partial charge in [0.1, 0.15) is 5.56 Å². The van der Waals surface area contributed by atoms with E-state index in [0.29, 0.717) is 11.3 Å². The van der Waals surface area contributed by atoms with Crippen LogP contribution in [-0.4, -0.2) is 11.4 Å². The summed E-state index contributed by atoms with van der Waals surface area (Å²) in [4.78, 5) is 15.4. The molecule has 4 nitrogen and oxygen atoms in total. The van der Waals surface area contributed by atoms with Crippen LogP contribution in [0.1, 0.15) is 11.3 Å². The summed E-state index contributed by atoms with van der Waals surface area (Å²) in [7, 11) is 0. The molecule has 0 atom stereocenters. The normalized spacial score (nSPS) is 11.1. The van der Waals surface area contributed by atoms with Gasteiger partial charge < -0.3 is 4.52 Å². The zero-order chi connectivity index (χ0) is 11.5. The van der Waals surface area contributed by atoms with Crippen LogP contribution in [0.2, 0.25) is 0 Å². The first-order chi connectivity index (χ1) is 7.66. The van der Waals surface area contributed by atoms with Crippen molar-refractivity contribution in [3.63, 3.8) is 0 Å². The van der Waals surface area contributed by atoms with E-state index in [-0.39, 0.29) is 0 Å². The fourth-order valence-corrected chi connectivity index (χ4v) is 1.47. The third-order valence-corrected chi connectivity index (χ3v) is 2.62. The van der Waals surface area contributed by atoms with Gasteiger partial charge in [-0.1, -0.05) is 15.9 Å². The van der Waals surface area contributed by atoms with Gasteiger partial charge in [-0.15, -0.1) is 0 Å². The monoisotopic (exact) mass is 280 g/mol. The zero-order valence-corrected chi connectivity index (χ0v) is 10.1. The second-order valence-electron chi connectivity index (χ2n) is 3.26. The number of nitrogens with one attached hydrogen (secondary N) is 1. The van der Waals surface area contributed by atoms with Gasteiger partial charge in [-0.25, -0.2) is 9.95 Å². The fourth-order valence-electron chi connectivity index (χ4n) is 1.20. The van der Waals surface area contributed by atoms with Crippen LogP contribution in [-0.2, 0) is 0 Å². The summed E-state index contributed by atoms with van der Waals surface area (Å²) in [5.74, 6) is 0. The van der Waals surface area contributed by atoms with E-state index in [2.05, 4.69) is 30.6 Å². The molecule has 2 rings (SSSR count). The van der Waals surface area contributed by atoms with Gasteiger partial charge in [0.25, 0.3) is 0 Å². The van der Waals surface area contributed by atoms with E-state index in [1.165, 1.54) is 6.21 Å². The standard InChI is InChI=1S/C11H9BrN2O2/c1-7-10(11(15)16-14-7)6-13-9-4-2-8(12)3-5-9/h2-6,14H,1H3. The molecule has 0 aliphatic carbocycles. The molecule has 5 heteroatoms. The van der Waals surface area contributed by atoms with Crippen LogP contribution >= 0.6 is 15.9 Å². The number of aromatic amines is 1. The van der Waals surface area contributed by atoms with E-state index in [1.54, 1.807) is 6.92 Å². The highest BCUT2D eigenvalue weighted by molar-refractivity contribution is 9.10. The molecule has 0 aliphatic heterocycles. The summed E-state index contributed by atoms with van der Waals surface area (Å²) in [6, 6.07) is 7.48. The lowest BCUT2D eigenvalue weighted by atomic mass is 10.3. The molecule has 0 aliphatic rings. The third kappa shape index (κ3) is 2.30. The van der Waals surface area contributed by atoms with Gasteiger partial charge in [0.15, 0.2) is 0 Å². The van der Waals surface area contributed by atoms with Crippen molar-refractivity contribution in [2.24, 2.45) is 4.99 Å². The molecule has 1 aromatic carbocycles.